The summed E-state index contributed by atoms with van der Waals surface area (Å²) in [5.41, 5.74) is -30.9. The van der Waals surface area contributed by atoms with Crippen molar-refractivity contribution in [3.05, 3.63) is 237 Å². The first kappa shape index (κ1) is 70.7. The molecule has 0 spiro atoms. The summed E-state index contributed by atoms with van der Waals surface area (Å²) < 4.78 is 399. The highest BCUT2D eigenvalue weighted by molar-refractivity contribution is 6.13. The van der Waals surface area contributed by atoms with Crippen molar-refractivity contribution in [1.82, 2.24) is 9.13 Å². The number of fused-ring (bicyclic) bond motifs is 6. The van der Waals surface area contributed by atoms with Gasteiger partial charge in [-0.2, -0.15) is 129 Å². The quantitative estimate of drug-likeness (QED) is 0.149. The van der Waals surface area contributed by atoms with Crippen molar-refractivity contribution in [3.8, 4) is 79.1 Å². The number of halogens is 27. The van der Waals surface area contributed by atoms with Crippen LogP contribution in [0.1, 0.15) is 61.2 Å². The van der Waals surface area contributed by atoms with Gasteiger partial charge in [-0.15, -0.1) is 0 Å². The smallest absolute Gasteiger partial charge is 0.308 e. The molecule has 522 valence electrons. The summed E-state index contributed by atoms with van der Waals surface area (Å²) in [5, 5.41) is 20.7. The number of rotatable bonds is 7. The van der Waals surface area contributed by atoms with Crippen LogP contribution in [0.15, 0.2) is 176 Å². The number of hydrogen-bond donors (Lipinski definition) is 0. The molecule has 0 N–H and O–H groups in total. The first-order valence-corrected chi connectivity index (χ1v) is 28.7. The second kappa shape index (κ2) is 23.8. The third-order valence-electron chi connectivity index (χ3n) is 16.8. The van der Waals surface area contributed by atoms with Gasteiger partial charge >= 0.3 is 55.6 Å². The molecule has 0 saturated heterocycles. The van der Waals surface area contributed by atoms with E-state index < -0.39 is 206 Å². The van der Waals surface area contributed by atoms with E-state index in [0.717, 1.165) is 100 Å². The molecule has 0 saturated carbocycles. The predicted molar refractivity (Wildman–Crippen MR) is 317 cm³/mol. The summed E-state index contributed by atoms with van der Waals surface area (Å²) in [6.45, 7) is 0. The van der Waals surface area contributed by atoms with Crippen LogP contribution in [0.5, 0.6) is 0 Å². The van der Waals surface area contributed by atoms with Crippen molar-refractivity contribution in [2.45, 2.75) is 55.6 Å². The largest absolute Gasteiger partial charge is 0.417 e. The van der Waals surface area contributed by atoms with Crippen molar-refractivity contribution in [1.29, 1.82) is 10.5 Å². The van der Waals surface area contributed by atoms with Crippen LogP contribution < -0.4 is 0 Å². The van der Waals surface area contributed by atoms with E-state index in [1.54, 1.807) is 6.07 Å². The van der Waals surface area contributed by atoms with Crippen LogP contribution in [-0.2, 0) is 55.6 Å². The molecule has 0 amide bonds. The fourth-order valence-corrected chi connectivity index (χ4v) is 12.4. The number of nitriles is 2. The molecule has 2 aromatic heterocycles. The van der Waals surface area contributed by atoms with Crippen molar-refractivity contribution in [3.63, 3.8) is 0 Å². The van der Waals surface area contributed by atoms with E-state index in [1.807, 2.05) is 0 Å². The molecule has 2 heterocycles. The number of aromatic nitrogens is 2. The topological polar surface area (TPSA) is 57.4 Å². The van der Waals surface area contributed by atoms with Gasteiger partial charge in [-0.3, -0.25) is 0 Å². The van der Waals surface area contributed by atoms with E-state index in [2.05, 4.69) is 0 Å². The van der Waals surface area contributed by atoms with Gasteiger partial charge in [0, 0.05) is 21.5 Å². The van der Waals surface area contributed by atoms with E-state index in [1.165, 1.54) is 6.07 Å². The first-order valence-electron chi connectivity index (χ1n) is 28.7. The lowest BCUT2D eigenvalue weighted by Gasteiger charge is -2.21. The molecule has 0 fully saturated rings. The zero-order valence-corrected chi connectivity index (χ0v) is 49.7. The maximum Gasteiger partial charge on any atom is 0.417 e. The van der Waals surface area contributed by atoms with Crippen molar-refractivity contribution in [2.75, 3.05) is 0 Å². The molecule has 12 aromatic rings. The number of alkyl halides is 27. The predicted octanol–water partition coefficient (Wildman–Crippen LogP) is 25.1. The Labute approximate surface area is 552 Å². The van der Waals surface area contributed by atoms with Crippen molar-refractivity contribution >= 4 is 43.6 Å². The molecule has 0 aliphatic carbocycles. The third-order valence-corrected chi connectivity index (χ3v) is 16.8. The highest BCUT2D eigenvalue weighted by Gasteiger charge is 2.44. The standard InChI is InChI=1S/C71H29F27N4/c72-63(73,74)38-6-15-42(53(26-38)68(87,88)89)33-2-11-47-48-12-3-34(43-16-7-39(64(75,76)77)27-54(43)69(90,91)92)21-58(48)101(57(47)20-33)61-24-37(46-10-1-32(30-99)19-52(46)67(84,85)86)25-62(51(61)31-100)102-59-22-35(44-17-8-40(65(78,79)80)28-55(44)70(93,94)95)4-13-49(59)50-14-5-36(23-60(50)102)45-18-9-41(66(81,82)83)29-56(45)71(96,97)98/h1-29H. The Balaban J connectivity index is 1.29. The summed E-state index contributed by atoms with van der Waals surface area (Å²) in [5.74, 6) is 0. The molecule has 4 nitrogen and oxygen atoms in total. The van der Waals surface area contributed by atoms with E-state index in [0.29, 0.717) is 36.4 Å². The monoisotopic (exact) mass is 1450 g/mol. The molecule has 0 aliphatic rings. The van der Waals surface area contributed by atoms with Crippen LogP contribution in [0.3, 0.4) is 0 Å². The average Bonchev–Trinajstić information content (AvgIpc) is 1.56. The summed E-state index contributed by atoms with van der Waals surface area (Å²) in [6, 6.07) is 18.9. The van der Waals surface area contributed by atoms with Gasteiger partial charge in [-0.1, -0.05) is 78.9 Å². The van der Waals surface area contributed by atoms with Gasteiger partial charge in [0.1, 0.15) is 11.6 Å². The van der Waals surface area contributed by atoms with Gasteiger partial charge in [-0.05, 0) is 153 Å². The maximum absolute atomic E-state index is 15.7. The van der Waals surface area contributed by atoms with E-state index in [4.69, 9.17) is 0 Å². The molecule has 0 unspecified atom stereocenters. The molecular formula is C71H29F27N4. The zero-order valence-electron chi connectivity index (χ0n) is 49.7. The lowest BCUT2D eigenvalue weighted by Crippen LogP contribution is -2.12. The molecule has 12 rings (SSSR count). The molecule has 10 aromatic carbocycles. The minimum Gasteiger partial charge on any atom is -0.308 e. The van der Waals surface area contributed by atoms with E-state index in [9.17, 15) is 63.2 Å². The normalized spacial score (nSPS) is 13.2. The molecule has 0 radical (unpaired) electrons. The number of benzene rings is 10. The van der Waals surface area contributed by atoms with Crippen LogP contribution in [0.4, 0.5) is 119 Å². The molecule has 31 heteroatoms. The third kappa shape index (κ3) is 12.8. The molecule has 0 bridgehead atoms. The van der Waals surface area contributed by atoms with Gasteiger partial charge in [-0.25, -0.2) is 0 Å². The second-order valence-electron chi connectivity index (χ2n) is 23.0. The zero-order chi connectivity index (χ0) is 74.5. The Hall–Kier alpha value is -11.1. The Morgan fingerprint density at radius 1 is 0.225 bits per heavy atom. The summed E-state index contributed by atoms with van der Waals surface area (Å²) in [7, 11) is 0. The Bertz CT molecular complexity index is 4970. The first-order chi connectivity index (χ1) is 47.2. The van der Waals surface area contributed by atoms with Gasteiger partial charge in [0.05, 0.1) is 95.1 Å². The minimum atomic E-state index is -5.64. The lowest BCUT2D eigenvalue weighted by molar-refractivity contribution is -0.144. The van der Waals surface area contributed by atoms with Crippen molar-refractivity contribution < 1.29 is 119 Å². The number of hydrogen-bond acceptors (Lipinski definition) is 2. The highest BCUT2D eigenvalue weighted by atomic mass is 19.4. The molecule has 0 atom stereocenters. The van der Waals surface area contributed by atoms with E-state index in [-0.39, 0.29) is 70.1 Å². The summed E-state index contributed by atoms with van der Waals surface area (Å²) in [6.07, 6.45) is -49.7. The van der Waals surface area contributed by atoms with Gasteiger partial charge in [0.15, 0.2) is 0 Å². The Morgan fingerprint density at radius 3 is 0.686 bits per heavy atom. The fourth-order valence-electron chi connectivity index (χ4n) is 12.4. The average molecular weight is 1450 g/mol. The summed E-state index contributed by atoms with van der Waals surface area (Å²) >= 11 is 0. The minimum absolute atomic E-state index is 0.240. The second-order valence-corrected chi connectivity index (χ2v) is 23.0. The van der Waals surface area contributed by atoms with Gasteiger partial charge in [0.2, 0.25) is 0 Å². The molecule has 102 heavy (non-hydrogen) atoms. The van der Waals surface area contributed by atoms with Gasteiger partial charge in [0.25, 0.3) is 0 Å². The van der Waals surface area contributed by atoms with Gasteiger partial charge < -0.3 is 9.13 Å². The lowest BCUT2D eigenvalue weighted by atomic mass is 9.94. The highest BCUT2D eigenvalue weighted by Crippen LogP contribution is 2.51. The molecule has 0 aliphatic heterocycles. The Morgan fingerprint density at radius 2 is 0.461 bits per heavy atom. The molecular weight excluding hydrogens is 1420 g/mol. The van der Waals surface area contributed by atoms with Crippen LogP contribution in [0.2, 0.25) is 0 Å². The Kier molecular flexibility index (Phi) is 16.5. The van der Waals surface area contributed by atoms with Crippen LogP contribution >= 0.6 is 0 Å². The SMILES string of the molecule is N#Cc1ccc(-c2cc(-n3c4cc(-c5ccc(C(F)(F)F)cc5C(F)(F)F)ccc4c4ccc(-c5ccc(C(F)(F)F)cc5C(F)(F)F)cc43)c(C#N)c(-n3c4cc(-c5ccc(C(F)(F)F)cc5C(F)(F)F)ccc4c4ccc(-c5ccc(C(F)(F)F)cc5C(F)(F)F)cc43)c2)c(C(F)(F)F)c1. The van der Waals surface area contributed by atoms with Crippen molar-refractivity contribution in [2.24, 2.45) is 0 Å². The van der Waals surface area contributed by atoms with E-state index >= 15 is 65.9 Å². The van der Waals surface area contributed by atoms with Crippen LogP contribution in [0.25, 0.3) is 111 Å². The maximum atomic E-state index is 15.7. The van der Waals surface area contributed by atoms with Crippen LogP contribution in [0, 0.1) is 22.7 Å². The fraction of sp³-hybridized carbons (Fsp3) is 0.127. The van der Waals surface area contributed by atoms with Crippen LogP contribution in [-0.4, -0.2) is 9.13 Å². The number of nitrogens with zero attached hydrogens (tertiary/aromatic N) is 4. The summed E-state index contributed by atoms with van der Waals surface area (Å²) in [4.78, 5) is 0.